The van der Waals surface area contributed by atoms with Gasteiger partial charge < -0.3 is 25.1 Å². The van der Waals surface area contributed by atoms with Gasteiger partial charge in [0, 0.05) is 29.7 Å². The van der Waals surface area contributed by atoms with Crippen LogP contribution in [0, 0.1) is 0 Å². The van der Waals surface area contributed by atoms with E-state index in [4.69, 9.17) is 15.2 Å². The molecule has 0 spiro atoms. The number of ether oxygens (including phenoxy) is 2. The first-order valence-corrected chi connectivity index (χ1v) is 10.5. The topological polar surface area (TPSA) is 95.6 Å². The molecule has 0 saturated carbocycles. The van der Waals surface area contributed by atoms with Crippen molar-refractivity contribution in [3.63, 3.8) is 0 Å². The molecular formula is C26H25N3O4. The van der Waals surface area contributed by atoms with Crippen LogP contribution in [0.1, 0.15) is 21.5 Å². The Labute approximate surface area is 191 Å². The Kier molecular flexibility index (Phi) is 6.31. The number of amides is 2. The molecule has 0 bridgehead atoms. The standard InChI is InChI=1S/C26H25N3O4/c1-32-19-11-17(12-20(14-19)33-2)15-29-16-18(21-7-4-6-10-24(21)29)13-25(30)28-23-9-5-3-8-22(23)26(27)31/h3-12,14,16H,13,15H2,1-2H3,(H2,27,31)(H,28,30). The summed E-state index contributed by atoms with van der Waals surface area (Å²) in [6.07, 6.45) is 2.14. The zero-order valence-electron chi connectivity index (χ0n) is 18.5. The number of hydrogen-bond acceptors (Lipinski definition) is 4. The van der Waals surface area contributed by atoms with Crippen molar-refractivity contribution >= 4 is 28.4 Å². The molecule has 0 aliphatic carbocycles. The van der Waals surface area contributed by atoms with Gasteiger partial charge in [-0.1, -0.05) is 30.3 Å². The number of para-hydroxylation sites is 2. The Morgan fingerprint density at radius 3 is 2.30 bits per heavy atom. The van der Waals surface area contributed by atoms with E-state index < -0.39 is 5.91 Å². The third-order valence-electron chi connectivity index (χ3n) is 5.45. The molecule has 0 radical (unpaired) electrons. The number of primary amides is 1. The molecule has 4 aromatic rings. The van der Waals surface area contributed by atoms with Gasteiger partial charge in [0.2, 0.25) is 5.91 Å². The SMILES string of the molecule is COc1cc(Cn2cc(CC(=O)Nc3ccccc3C(N)=O)c3ccccc32)cc(OC)c1. The first-order valence-electron chi connectivity index (χ1n) is 10.5. The predicted molar refractivity (Wildman–Crippen MR) is 128 cm³/mol. The van der Waals surface area contributed by atoms with Crippen molar-refractivity contribution in [2.24, 2.45) is 5.73 Å². The van der Waals surface area contributed by atoms with E-state index in [1.165, 1.54) is 0 Å². The fourth-order valence-electron chi connectivity index (χ4n) is 3.92. The summed E-state index contributed by atoms with van der Waals surface area (Å²) in [7, 11) is 3.24. The number of methoxy groups -OCH3 is 2. The second kappa shape index (κ2) is 9.48. The number of nitrogens with one attached hydrogen (secondary N) is 1. The molecular weight excluding hydrogens is 418 g/mol. The highest BCUT2D eigenvalue weighted by Gasteiger charge is 2.15. The third-order valence-corrected chi connectivity index (χ3v) is 5.45. The van der Waals surface area contributed by atoms with E-state index in [9.17, 15) is 9.59 Å². The number of carbonyl (C=O) groups is 2. The minimum absolute atomic E-state index is 0.155. The van der Waals surface area contributed by atoms with Crippen LogP contribution < -0.4 is 20.5 Å². The van der Waals surface area contributed by atoms with Crippen molar-refractivity contribution in [3.8, 4) is 11.5 Å². The van der Waals surface area contributed by atoms with E-state index in [-0.39, 0.29) is 17.9 Å². The molecule has 7 nitrogen and oxygen atoms in total. The zero-order valence-corrected chi connectivity index (χ0v) is 18.5. The number of carbonyl (C=O) groups excluding carboxylic acids is 2. The summed E-state index contributed by atoms with van der Waals surface area (Å²) < 4.78 is 12.9. The second-order valence-corrected chi connectivity index (χ2v) is 7.66. The molecule has 0 saturated heterocycles. The molecule has 0 aliphatic rings. The normalized spacial score (nSPS) is 10.7. The summed E-state index contributed by atoms with van der Waals surface area (Å²) in [4.78, 5) is 24.5. The Morgan fingerprint density at radius 1 is 0.939 bits per heavy atom. The summed E-state index contributed by atoms with van der Waals surface area (Å²) in [6.45, 7) is 0.584. The molecule has 0 fully saturated rings. The van der Waals surface area contributed by atoms with Gasteiger partial charge in [0.1, 0.15) is 11.5 Å². The van der Waals surface area contributed by atoms with Crippen molar-refractivity contribution < 1.29 is 19.1 Å². The number of fused-ring (bicyclic) bond motifs is 1. The van der Waals surface area contributed by atoms with Gasteiger partial charge in [-0.15, -0.1) is 0 Å². The molecule has 0 aliphatic heterocycles. The van der Waals surface area contributed by atoms with Crippen LogP contribution in [-0.4, -0.2) is 30.6 Å². The zero-order chi connectivity index (χ0) is 23.4. The van der Waals surface area contributed by atoms with Gasteiger partial charge in [-0.05, 0) is 41.5 Å². The molecule has 1 heterocycles. The summed E-state index contributed by atoms with van der Waals surface area (Å²) in [5.74, 6) is 0.618. The predicted octanol–water partition coefficient (Wildman–Crippen LogP) is 3.99. The van der Waals surface area contributed by atoms with Gasteiger partial charge in [0.05, 0.1) is 31.9 Å². The number of nitrogens with two attached hydrogens (primary N) is 1. The largest absolute Gasteiger partial charge is 0.497 e. The summed E-state index contributed by atoms with van der Waals surface area (Å²) >= 11 is 0. The molecule has 2 amide bonds. The molecule has 168 valence electrons. The molecule has 3 N–H and O–H groups in total. The van der Waals surface area contributed by atoms with E-state index in [2.05, 4.69) is 9.88 Å². The lowest BCUT2D eigenvalue weighted by molar-refractivity contribution is -0.115. The fourth-order valence-corrected chi connectivity index (χ4v) is 3.92. The van der Waals surface area contributed by atoms with Gasteiger partial charge in [-0.3, -0.25) is 9.59 Å². The molecule has 0 atom stereocenters. The highest BCUT2D eigenvalue weighted by atomic mass is 16.5. The monoisotopic (exact) mass is 443 g/mol. The number of aromatic nitrogens is 1. The van der Waals surface area contributed by atoms with Crippen LogP contribution in [0.4, 0.5) is 5.69 Å². The van der Waals surface area contributed by atoms with Gasteiger partial charge in [0.15, 0.2) is 0 Å². The number of hydrogen-bond donors (Lipinski definition) is 2. The van der Waals surface area contributed by atoms with E-state index in [0.717, 1.165) is 22.0 Å². The summed E-state index contributed by atoms with van der Waals surface area (Å²) in [5.41, 5.74) is 9.02. The lowest BCUT2D eigenvalue weighted by Gasteiger charge is -2.10. The summed E-state index contributed by atoms with van der Waals surface area (Å²) in [6, 6.07) is 20.4. The molecule has 0 unspecified atom stereocenters. The van der Waals surface area contributed by atoms with Crippen LogP contribution in [0.3, 0.4) is 0 Å². The number of benzene rings is 3. The van der Waals surface area contributed by atoms with E-state index >= 15 is 0 Å². The van der Waals surface area contributed by atoms with Gasteiger partial charge >= 0.3 is 0 Å². The van der Waals surface area contributed by atoms with Crippen molar-refractivity contribution in [3.05, 3.63) is 89.6 Å². The Morgan fingerprint density at radius 2 is 1.61 bits per heavy atom. The van der Waals surface area contributed by atoms with Crippen LogP contribution in [-0.2, 0) is 17.8 Å². The molecule has 33 heavy (non-hydrogen) atoms. The Hall–Kier alpha value is -4.26. The van der Waals surface area contributed by atoms with E-state index in [1.807, 2.05) is 48.7 Å². The maximum Gasteiger partial charge on any atom is 0.250 e. The lowest BCUT2D eigenvalue weighted by atomic mass is 10.1. The Bertz CT molecular complexity index is 1300. The van der Waals surface area contributed by atoms with Crippen LogP contribution >= 0.6 is 0 Å². The van der Waals surface area contributed by atoms with Crippen molar-refractivity contribution in [2.75, 3.05) is 19.5 Å². The van der Waals surface area contributed by atoms with Gasteiger partial charge in [-0.2, -0.15) is 0 Å². The number of rotatable bonds is 8. The van der Waals surface area contributed by atoms with Gasteiger partial charge in [-0.25, -0.2) is 0 Å². The fraction of sp³-hybridized carbons (Fsp3) is 0.154. The molecule has 4 rings (SSSR count). The molecule has 1 aromatic heterocycles. The average molecular weight is 444 g/mol. The van der Waals surface area contributed by atoms with Gasteiger partial charge in [0.25, 0.3) is 5.91 Å². The maximum absolute atomic E-state index is 12.8. The third kappa shape index (κ3) is 4.82. The first-order chi connectivity index (χ1) is 16.0. The molecule has 7 heteroatoms. The van der Waals surface area contributed by atoms with E-state index in [1.54, 1.807) is 38.5 Å². The highest BCUT2D eigenvalue weighted by Crippen LogP contribution is 2.27. The van der Waals surface area contributed by atoms with Crippen LogP contribution in [0.15, 0.2) is 72.9 Å². The summed E-state index contributed by atoms with van der Waals surface area (Å²) in [5, 5.41) is 3.80. The van der Waals surface area contributed by atoms with Crippen molar-refractivity contribution in [1.29, 1.82) is 0 Å². The molecule has 3 aromatic carbocycles. The van der Waals surface area contributed by atoms with Crippen molar-refractivity contribution in [1.82, 2.24) is 4.57 Å². The van der Waals surface area contributed by atoms with E-state index in [0.29, 0.717) is 23.7 Å². The maximum atomic E-state index is 12.8. The number of nitrogens with zero attached hydrogens (tertiary/aromatic N) is 1. The first kappa shape index (κ1) is 22.0. The smallest absolute Gasteiger partial charge is 0.250 e. The average Bonchev–Trinajstić information content (AvgIpc) is 3.15. The van der Waals surface area contributed by atoms with Crippen molar-refractivity contribution in [2.45, 2.75) is 13.0 Å². The quantitative estimate of drug-likeness (QED) is 0.430. The highest BCUT2D eigenvalue weighted by molar-refractivity contribution is 6.04. The lowest BCUT2D eigenvalue weighted by Crippen LogP contribution is -2.19. The minimum Gasteiger partial charge on any atom is -0.497 e. The number of anilines is 1. The van der Waals surface area contributed by atoms with Crippen LogP contribution in [0.5, 0.6) is 11.5 Å². The second-order valence-electron chi connectivity index (χ2n) is 7.66. The Balaban J connectivity index is 1.62. The minimum atomic E-state index is -0.587. The van der Waals surface area contributed by atoms with Crippen LogP contribution in [0.2, 0.25) is 0 Å². The van der Waals surface area contributed by atoms with Crippen LogP contribution in [0.25, 0.3) is 10.9 Å².